The maximum atomic E-state index is 10.9. The quantitative estimate of drug-likeness (QED) is 0.641. The van der Waals surface area contributed by atoms with Crippen LogP contribution < -0.4 is 10.5 Å². The molecule has 1 rings (SSSR count). The van der Waals surface area contributed by atoms with Gasteiger partial charge < -0.3 is 10.5 Å². The van der Waals surface area contributed by atoms with Crippen molar-refractivity contribution >= 4 is 38.6 Å². The lowest BCUT2D eigenvalue weighted by molar-refractivity contribution is 0.318. The first-order valence-electron chi connectivity index (χ1n) is 5.19. The summed E-state index contributed by atoms with van der Waals surface area (Å²) in [6.45, 7) is 0.291. The summed E-state index contributed by atoms with van der Waals surface area (Å²) in [7, 11) is -2.95. The summed E-state index contributed by atoms with van der Waals surface area (Å²) in [6, 6.07) is 4.99. The van der Waals surface area contributed by atoms with E-state index < -0.39 is 9.84 Å². The molecule has 2 N–H and O–H groups in total. The molecule has 0 bridgehead atoms. The van der Waals surface area contributed by atoms with Crippen LogP contribution in [0.3, 0.4) is 0 Å². The second kappa shape index (κ2) is 6.36. The second-order valence-electron chi connectivity index (χ2n) is 3.84. The van der Waals surface area contributed by atoms with Gasteiger partial charge in [-0.25, -0.2) is 8.42 Å². The van der Waals surface area contributed by atoms with Gasteiger partial charge in [0.25, 0.3) is 0 Å². The Bertz CT molecular complexity index is 543. The second-order valence-corrected chi connectivity index (χ2v) is 6.95. The van der Waals surface area contributed by atoms with Crippen LogP contribution in [0.25, 0.3) is 0 Å². The van der Waals surface area contributed by atoms with Gasteiger partial charge in [0.05, 0.1) is 17.4 Å². The molecule has 0 heterocycles. The topological polar surface area (TPSA) is 69.4 Å². The van der Waals surface area contributed by atoms with Gasteiger partial charge in [0.1, 0.15) is 20.6 Å². The molecule has 7 heteroatoms. The van der Waals surface area contributed by atoms with Crippen LogP contribution in [0.15, 0.2) is 18.2 Å². The summed E-state index contributed by atoms with van der Waals surface area (Å²) in [5.41, 5.74) is 6.13. The molecular formula is C11H14ClNO3S2. The molecule has 0 saturated carbocycles. The van der Waals surface area contributed by atoms with Gasteiger partial charge in [0.15, 0.2) is 0 Å². The summed E-state index contributed by atoms with van der Waals surface area (Å²) in [5.74, 6) is 0.584. The Morgan fingerprint density at radius 1 is 1.50 bits per heavy atom. The summed E-state index contributed by atoms with van der Waals surface area (Å²) in [5, 5.41) is 0.402. The summed E-state index contributed by atoms with van der Waals surface area (Å²) < 4.78 is 27.2. The fraction of sp³-hybridized carbons (Fsp3) is 0.364. The highest BCUT2D eigenvalue weighted by molar-refractivity contribution is 7.90. The summed E-state index contributed by atoms with van der Waals surface area (Å²) in [6.07, 6.45) is 1.61. The zero-order valence-corrected chi connectivity index (χ0v) is 12.2. The lowest BCUT2D eigenvalue weighted by atomic mass is 10.2. The Morgan fingerprint density at radius 2 is 2.17 bits per heavy atom. The maximum absolute atomic E-state index is 10.9. The van der Waals surface area contributed by atoms with Crippen LogP contribution in [0.1, 0.15) is 12.0 Å². The fourth-order valence-corrected chi connectivity index (χ4v) is 2.28. The molecule has 0 aliphatic carbocycles. The van der Waals surface area contributed by atoms with E-state index in [1.807, 2.05) is 0 Å². The normalized spacial score (nSPS) is 11.2. The standard InChI is InChI=1S/C11H14ClNO3S2/c1-18(14,15)6-2-5-16-10-4-3-8(11(13)17)7-9(10)12/h3-4,7H,2,5-6H2,1H3,(H2,13,17). The smallest absolute Gasteiger partial charge is 0.147 e. The highest BCUT2D eigenvalue weighted by Gasteiger charge is 2.06. The molecule has 4 nitrogen and oxygen atoms in total. The van der Waals surface area contributed by atoms with Crippen LogP contribution in [-0.4, -0.2) is 32.0 Å². The van der Waals surface area contributed by atoms with Crippen LogP contribution in [0, 0.1) is 0 Å². The minimum absolute atomic E-state index is 0.0928. The molecule has 0 aromatic heterocycles. The van der Waals surface area contributed by atoms with Gasteiger partial charge in [-0.05, 0) is 24.6 Å². The molecule has 0 aliphatic heterocycles. The Hall–Kier alpha value is -0.850. The number of halogens is 1. The fourth-order valence-electron chi connectivity index (χ4n) is 1.27. The zero-order valence-electron chi connectivity index (χ0n) is 9.85. The molecule has 0 aliphatic rings. The maximum Gasteiger partial charge on any atom is 0.147 e. The average molecular weight is 308 g/mol. The number of benzene rings is 1. The highest BCUT2D eigenvalue weighted by Crippen LogP contribution is 2.25. The lowest BCUT2D eigenvalue weighted by Crippen LogP contribution is -2.10. The Labute approximate surface area is 117 Å². The van der Waals surface area contributed by atoms with Crippen molar-refractivity contribution in [2.45, 2.75) is 6.42 Å². The molecule has 0 atom stereocenters. The molecule has 0 spiro atoms. The van der Waals surface area contributed by atoms with Crippen LogP contribution in [0.4, 0.5) is 0 Å². The van der Waals surface area contributed by atoms with Gasteiger partial charge in [-0.3, -0.25) is 0 Å². The Balaban J connectivity index is 2.56. The van der Waals surface area contributed by atoms with Crippen LogP contribution in [0.5, 0.6) is 5.75 Å². The highest BCUT2D eigenvalue weighted by atomic mass is 35.5. The molecule has 0 unspecified atom stereocenters. The van der Waals surface area contributed by atoms with Crippen LogP contribution >= 0.6 is 23.8 Å². The number of thiocarbonyl (C=S) groups is 1. The number of sulfone groups is 1. The first-order valence-corrected chi connectivity index (χ1v) is 8.04. The van der Waals surface area contributed by atoms with Gasteiger partial charge in [-0.2, -0.15) is 0 Å². The van der Waals surface area contributed by atoms with Crippen molar-refractivity contribution in [2.24, 2.45) is 5.73 Å². The summed E-state index contributed by atoms with van der Waals surface area (Å²) in [4.78, 5) is 0.264. The molecule has 0 saturated heterocycles. The largest absolute Gasteiger partial charge is 0.492 e. The van der Waals surface area contributed by atoms with Crippen molar-refractivity contribution in [1.29, 1.82) is 0 Å². The van der Waals surface area contributed by atoms with Gasteiger partial charge in [-0.1, -0.05) is 23.8 Å². The van der Waals surface area contributed by atoms with Crippen molar-refractivity contribution in [3.63, 3.8) is 0 Å². The molecule has 100 valence electrons. The van der Waals surface area contributed by atoms with Crippen LogP contribution in [-0.2, 0) is 9.84 Å². The molecule has 1 aromatic rings. The third-order valence-electron chi connectivity index (χ3n) is 2.13. The number of hydrogen-bond donors (Lipinski definition) is 1. The predicted molar refractivity (Wildman–Crippen MR) is 77.2 cm³/mol. The third-order valence-corrected chi connectivity index (χ3v) is 3.69. The first-order chi connectivity index (χ1) is 8.29. The number of rotatable bonds is 6. The summed E-state index contributed by atoms with van der Waals surface area (Å²) >= 11 is 10.8. The third kappa shape index (κ3) is 5.20. The van der Waals surface area contributed by atoms with E-state index in [9.17, 15) is 8.42 Å². The molecule has 18 heavy (non-hydrogen) atoms. The van der Waals surface area contributed by atoms with E-state index in [-0.39, 0.29) is 10.7 Å². The monoisotopic (exact) mass is 307 g/mol. The van der Waals surface area contributed by atoms with Gasteiger partial charge >= 0.3 is 0 Å². The zero-order chi connectivity index (χ0) is 13.8. The van der Waals surface area contributed by atoms with E-state index in [1.54, 1.807) is 18.2 Å². The van der Waals surface area contributed by atoms with Gasteiger partial charge in [-0.15, -0.1) is 0 Å². The average Bonchev–Trinajstić information content (AvgIpc) is 2.24. The predicted octanol–water partition coefficient (Wildman–Crippen LogP) is 1.79. The number of hydrogen-bond acceptors (Lipinski definition) is 4. The van der Waals surface area contributed by atoms with Crippen molar-refractivity contribution in [2.75, 3.05) is 18.6 Å². The van der Waals surface area contributed by atoms with Crippen molar-refractivity contribution in [1.82, 2.24) is 0 Å². The number of ether oxygens (including phenoxy) is 1. The van der Waals surface area contributed by atoms with E-state index in [0.29, 0.717) is 29.4 Å². The minimum atomic E-state index is -2.95. The minimum Gasteiger partial charge on any atom is -0.492 e. The van der Waals surface area contributed by atoms with E-state index in [2.05, 4.69) is 0 Å². The Kier molecular flexibility index (Phi) is 5.37. The van der Waals surface area contributed by atoms with Crippen LogP contribution in [0.2, 0.25) is 5.02 Å². The van der Waals surface area contributed by atoms with E-state index in [1.165, 1.54) is 6.26 Å². The van der Waals surface area contributed by atoms with Crippen molar-refractivity contribution in [3.05, 3.63) is 28.8 Å². The molecule has 0 fully saturated rings. The first kappa shape index (κ1) is 15.2. The number of nitrogens with two attached hydrogens (primary N) is 1. The lowest BCUT2D eigenvalue weighted by Gasteiger charge is -2.08. The van der Waals surface area contributed by atoms with E-state index in [0.717, 1.165) is 0 Å². The molecular weight excluding hydrogens is 294 g/mol. The van der Waals surface area contributed by atoms with E-state index in [4.69, 9.17) is 34.3 Å². The van der Waals surface area contributed by atoms with Gasteiger partial charge in [0.2, 0.25) is 0 Å². The van der Waals surface area contributed by atoms with Crippen molar-refractivity contribution in [3.8, 4) is 5.75 Å². The van der Waals surface area contributed by atoms with Crippen molar-refractivity contribution < 1.29 is 13.2 Å². The SMILES string of the molecule is CS(=O)(=O)CCCOc1ccc(C(N)=S)cc1Cl. The van der Waals surface area contributed by atoms with E-state index >= 15 is 0 Å². The van der Waals surface area contributed by atoms with Gasteiger partial charge in [0, 0.05) is 11.8 Å². The molecule has 1 aromatic carbocycles. The molecule has 0 amide bonds. The molecule has 0 radical (unpaired) electrons. The Morgan fingerprint density at radius 3 is 2.67 bits per heavy atom.